The number of hydrogen-bond acceptors (Lipinski definition) is 7. The van der Waals surface area contributed by atoms with Crippen LogP contribution in [0.15, 0.2) is 39.0 Å². The standard InChI is InChI=1S/C18H18N2O4S/c21-11(9-20-18-19-6-7-25-18)10-23-12-4-5-14-13-2-1-3-15(13)17(22)24-16(14)8-12/h4-8,11,21H,1-3,9-10H2,(H,19,20)/t11-/m1/s1. The fourth-order valence-electron chi connectivity index (χ4n) is 3.12. The molecule has 2 aromatic heterocycles. The van der Waals surface area contributed by atoms with Gasteiger partial charge in [-0.3, -0.25) is 0 Å². The molecule has 0 saturated carbocycles. The van der Waals surface area contributed by atoms with E-state index in [1.54, 1.807) is 12.3 Å². The summed E-state index contributed by atoms with van der Waals surface area (Å²) in [7, 11) is 0. The minimum Gasteiger partial charge on any atom is -0.491 e. The number of nitrogens with one attached hydrogen (secondary N) is 1. The molecule has 2 N–H and O–H groups in total. The van der Waals surface area contributed by atoms with Gasteiger partial charge in [0.25, 0.3) is 0 Å². The summed E-state index contributed by atoms with van der Waals surface area (Å²) in [5, 5.41) is 16.7. The van der Waals surface area contributed by atoms with Gasteiger partial charge in [0, 0.05) is 35.1 Å². The van der Waals surface area contributed by atoms with Crippen LogP contribution < -0.4 is 15.7 Å². The van der Waals surface area contributed by atoms with E-state index >= 15 is 0 Å². The van der Waals surface area contributed by atoms with Crippen LogP contribution in [0.4, 0.5) is 5.13 Å². The summed E-state index contributed by atoms with van der Waals surface area (Å²) in [6.07, 6.45) is 3.74. The topological polar surface area (TPSA) is 84.6 Å². The lowest BCUT2D eigenvalue weighted by Crippen LogP contribution is -2.26. The van der Waals surface area contributed by atoms with Crippen LogP contribution in [0.1, 0.15) is 17.5 Å². The second-order valence-electron chi connectivity index (χ2n) is 6.04. The highest BCUT2D eigenvalue weighted by atomic mass is 32.1. The average Bonchev–Trinajstić information content (AvgIpc) is 3.29. The average molecular weight is 358 g/mol. The number of nitrogens with zero attached hydrogens (tertiary/aromatic N) is 1. The Hall–Kier alpha value is -2.38. The van der Waals surface area contributed by atoms with Crippen molar-refractivity contribution in [1.82, 2.24) is 4.98 Å². The zero-order chi connectivity index (χ0) is 17.2. The first-order valence-electron chi connectivity index (χ1n) is 8.23. The van der Waals surface area contributed by atoms with Crippen LogP contribution in [0.2, 0.25) is 0 Å². The first-order chi connectivity index (χ1) is 12.2. The molecule has 25 heavy (non-hydrogen) atoms. The lowest BCUT2D eigenvalue weighted by atomic mass is 10.1. The molecule has 1 aliphatic carbocycles. The molecule has 0 unspecified atom stereocenters. The molecule has 2 heterocycles. The van der Waals surface area contributed by atoms with E-state index in [1.165, 1.54) is 11.3 Å². The van der Waals surface area contributed by atoms with E-state index < -0.39 is 6.10 Å². The molecule has 1 aliphatic rings. The van der Waals surface area contributed by atoms with Gasteiger partial charge in [-0.15, -0.1) is 11.3 Å². The van der Waals surface area contributed by atoms with Crippen LogP contribution >= 0.6 is 11.3 Å². The Morgan fingerprint density at radius 1 is 1.36 bits per heavy atom. The Morgan fingerprint density at radius 2 is 2.24 bits per heavy atom. The van der Waals surface area contributed by atoms with E-state index in [4.69, 9.17) is 9.15 Å². The van der Waals surface area contributed by atoms with Gasteiger partial charge in [-0.2, -0.15) is 0 Å². The Labute approximate surface area is 148 Å². The van der Waals surface area contributed by atoms with Gasteiger partial charge in [0.2, 0.25) is 0 Å². The van der Waals surface area contributed by atoms with Crippen LogP contribution in [0.3, 0.4) is 0 Å². The van der Waals surface area contributed by atoms with Crippen molar-refractivity contribution < 1.29 is 14.3 Å². The third-order valence-electron chi connectivity index (χ3n) is 4.31. The number of thiazole rings is 1. The lowest BCUT2D eigenvalue weighted by Gasteiger charge is -2.13. The van der Waals surface area contributed by atoms with Crippen molar-refractivity contribution in [3.8, 4) is 5.75 Å². The van der Waals surface area contributed by atoms with E-state index in [-0.39, 0.29) is 12.2 Å². The van der Waals surface area contributed by atoms with Gasteiger partial charge in [-0.05, 0) is 37.0 Å². The number of hydrogen-bond donors (Lipinski definition) is 2. The van der Waals surface area contributed by atoms with E-state index in [9.17, 15) is 9.90 Å². The van der Waals surface area contributed by atoms with E-state index in [0.717, 1.165) is 40.9 Å². The van der Waals surface area contributed by atoms with Crippen molar-refractivity contribution in [3.63, 3.8) is 0 Å². The highest BCUT2D eigenvalue weighted by Crippen LogP contribution is 2.29. The predicted molar refractivity (Wildman–Crippen MR) is 96.6 cm³/mol. The fraction of sp³-hybridized carbons (Fsp3) is 0.333. The summed E-state index contributed by atoms with van der Waals surface area (Å²) in [4.78, 5) is 16.1. The van der Waals surface area contributed by atoms with E-state index in [2.05, 4.69) is 10.3 Å². The molecule has 0 radical (unpaired) electrons. The number of fused-ring (bicyclic) bond motifs is 3. The van der Waals surface area contributed by atoms with Crippen molar-refractivity contribution in [2.24, 2.45) is 0 Å². The lowest BCUT2D eigenvalue weighted by molar-refractivity contribution is 0.117. The highest BCUT2D eigenvalue weighted by molar-refractivity contribution is 7.13. The Morgan fingerprint density at radius 3 is 3.08 bits per heavy atom. The molecule has 0 fully saturated rings. The molecule has 6 nitrogen and oxygen atoms in total. The molecule has 1 atom stereocenters. The minimum absolute atomic E-state index is 0.138. The molecule has 0 spiro atoms. The minimum atomic E-state index is -0.674. The van der Waals surface area contributed by atoms with Crippen LogP contribution in [-0.2, 0) is 12.8 Å². The van der Waals surface area contributed by atoms with Gasteiger partial charge in [0.05, 0.1) is 0 Å². The molecular weight excluding hydrogens is 340 g/mol. The molecule has 0 amide bonds. The van der Waals surface area contributed by atoms with Gasteiger partial charge in [0.15, 0.2) is 5.13 Å². The maximum Gasteiger partial charge on any atom is 0.339 e. The molecule has 7 heteroatoms. The quantitative estimate of drug-likeness (QED) is 0.659. The summed E-state index contributed by atoms with van der Waals surface area (Å²) in [6, 6.07) is 5.50. The van der Waals surface area contributed by atoms with Gasteiger partial charge in [0.1, 0.15) is 24.0 Å². The first-order valence-corrected chi connectivity index (χ1v) is 9.11. The Kier molecular flexibility index (Phi) is 4.42. The van der Waals surface area contributed by atoms with Crippen molar-refractivity contribution in [1.29, 1.82) is 0 Å². The zero-order valence-electron chi connectivity index (χ0n) is 13.5. The summed E-state index contributed by atoms with van der Waals surface area (Å²) in [6.45, 7) is 0.489. The van der Waals surface area contributed by atoms with Gasteiger partial charge in [-0.1, -0.05) is 0 Å². The molecule has 4 rings (SSSR count). The monoisotopic (exact) mass is 358 g/mol. The van der Waals surface area contributed by atoms with E-state index in [1.807, 2.05) is 17.5 Å². The smallest absolute Gasteiger partial charge is 0.339 e. The SMILES string of the molecule is O=c1oc2cc(OC[C@H](O)CNc3nccs3)ccc2c2c1CCC2. The molecule has 130 valence electrons. The number of aryl methyl sites for hydroxylation is 1. The Balaban J connectivity index is 1.43. The summed E-state index contributed by atoms with van der Waals surface area (Å²) >= 11 is 1.48. The normalized spacial score (nSPS) is 14.4. The molecule has 1 aromatic carbocycles. The van der Waals surface area contributed by atoms with Crippen LogP contribution in [0.25, 0.3) is 11.0 Å². The molecule has 0 bridgehead atoms. The number of ether oxygens (including phenoxy) is 1. The Bertz CT molecular complexity index is 936. The number of anilines is 1. The number of benzene rings is 1. The van der Waals surface area contributed by atoms with Crippen molar-refractivity contribution in [2.45, 2.75) is 25.4 Å². The van der Waals surface area contributed by atoms with Crippen LogP contribution in [0.5, 0.6) is 5.75 Å². The first kappa shape index (κ1) is 16.1. The fourth-order valence-corrected chi connectivity index (χ4v) is 3.66. The zero-order valence-corrected chi connectivity index (χ0v) is 14.3. The summed E-state index contributed by atoms with van der Waals surface area (Å²) in [5.74, 6) is 0.571. The number of aliphatic hydroxyl groups excluding tert-OH is 1. The van der Waals surface area contributed by atoms with Crippen LogP contribution in [-0.4, -0.2) is 29.3 Å². The molecule has 0 saturated heterocycles. The van der Waals surface area contributed by atoms with Crippen molar-refractivity contribution in [3.05, 3.63) is 51.3 Å². The molecule has 0 aliphatic heterocycles. The van der Waals surface area contributed by atoms with Crippen molar-refractivity contribution >= 4 is 27.4 Å². The highest BCUT2D eigenvalue weighted by Gasteiger charge is 2.19. The largest absolute Gasteiger partial charge is 0.491 e. The number of rotatable bonds is 6. The summed E-state index contributed by atoms with van der Waals surface area (Å²) < 4.78 is 11.1. The summed E-state index contributed by atoms with van der Waals surface area (Å²) in [5.41, 5.74) is 2.21. The third-order valence-corrected chi connectivity index (χ3v) is 5.04. The van der Waals surface area contributed by atoms with Gasteiger partial charge < -0.3 is 19.6 Å². The van der Waals surface area contributed by atoms with Gasteiger partial charge in [-0.25, -0.2) is 9.78 Å². The third kappa shape index (κ3) is 3.38. The van der Waals surface area contributed by atoms with Crippen molar-refractivity contribution in [2.75, 3.05) is 18.5 Å². The number of aliphatic hydroxyl groups is 1. The maximum absolute atomic E-state index is 12.0. The van der Waals surface area contributed by atoms with Crippen LogP contribution in [0, 0.1) is 0 Å². The second-order valence-corrected chi connectivity index (χ2v) is 6.94. The van der Waals surface area contributed by atoms with E-state index in [0.29, 0.717) is 17.9 Å². The predicted octanol–water partition coefficient (Wildman–Crippen LogP) is 2.59. The second kappa shape index (κ2) is 6.85. The van der Waals surface area contributed by atoms with Gasteiger partial charge >= 0.3 is 5.63 Å². The molecular formula is C18H18N2O4S. The maximum atomic E-state index is 12.0. The number of aromatic nitrogens is 1. The molecule has 3 aromatic rings.